The van der Waals surface area contributed by atoms with Crippen LogP contribution in [0.5, 0.6) is 0 Å². The quantitative estimate of drug-likeness (QED) is 0.276. The van der Waals surface area contributed by atoms with E-state index in [2.05, 4.69) is 173 Å². The molecule has 0 heteroatoms. The summed E-state index contributed by atoms with van der Waals surface area (Å²) < 4.78 is 0. The highest BCUT2D eigenvalue weighted by atomic mass is 14.7. The summed E-state index contributed by atoms with van der Waals surface area (Å²) in [4.78, 5) is 0. The van der Waals surface area contributed by atoms with Gasteiger partial charge in [-0.3, -0.25) is 0 Å². The Balaban J connectivity index is 4.37. The predicted octanol–water partition coefficient (Wildman–Crippen LogP) is 13.7. The van der Waals surface area contributed by atoms with E-state index < -0.39 is 0 Å². The smallest absolute Gasteiger partial charge is 0.0241 e. The summed E-state index contributed by atoms with van der Waals surface area (Å²) in [6, 6.07) is 0. The van der Waals surface area contributed by atoms with Crippen molar-refractivity contribution in [2.45, 2.75) is 186 Å². The minimum absolute atomic E-state index is 0.0449. The Morgan fingerprint density at radius 1 is 0.300 bits per heavy atom. The largest absolute Gasteiger partial charge is 0.0620 e. The predicted molar refractivity (Wildman–Crippen MR) is 184 cm³/mol. The molecular weight excluding hydrogens is 480 g/mol. The second kappa shape index (κ2) is 9.50. The zero-order valence-electron chi connectivity index (χ0n) is 33.0. The van der Waals surface area contributed by atoms with Crippen molar-refractivity contribution in [3.8, 4) is 0 Å². The van der Waals surface area contributed by atoms with Crippen LogP contribution in [0.1, 0.15) is 186 Å². The van der Waals surface area contributed by atoms with Crippen molar-refractivity contribution in [3.63, 3.8) is 0 Å². The van der Waals surface area contributed by atoms with Crippen molar-refractivity contribution in [1.29, 1.82) is 0 Å². The van der Waals surface area contributed by atoms with Crippen LogP contribution in [0.25, 0.3) is 0 Å². The Labute approximate surface area is 256 Å². The maximum Gasteiger partial charge on any atom is -0.0241 e. The molecule has 1 aliphatic carbocycles. The lowest BCUT2D eigenvalue weighted by Crippen LogP contribution is -2.66. The molecule has 0 radical (unpaired) electrons. The highest BCUT2D eigenvalue weighted by molar-refractivity contribution is 5.17. The van der Waals surface area contributed by atoms with E-state index in [1.54, 1.807) is 0 Å². The average Bonchev–Trinajstić information content (AvgIpc) is 2.75. The summed E-state index contributed by atoms with van der Waals surface area (Å²) in [5, 5.41) is 0. The lowest BCUT2D eigenvalue weighted by molar-refractivity contribution is -0.245. The Kier molecular flexibility index (Phi) is 9.03. The number of rotatable bonds is 0. The standard InChI is InChI=1S/C40H80/c1-28-26-27-29(2,3)31(6,7)33(10,11)35(14,15)37(18,19)39(22,23)40(24,25)38(20,21)36(16,17)34(12,13)32(8,9)30(28,4)5/h28H,26-27H2,1-25H3. The van der Waals surface area contributed by atoms with Gasteiger partial charge in [-0.25, -0.2) is 0 Å². The molecule has 0 spiro atoms. The van der Waals surface area contributed by atoms with Gasteiger partial charge in [-0.05, 0) is 83.7 Å². The molecule has 1 aliphatic rings. The van der Waals surface area contributed by atoms with Gasteiger partial charge in [0, 0.05) is 0 Å². The summed E-state index contributed by atoms with van der Waals surface area (Å²) in [6.07, 6.45) is 2.52. The van der Waals surface area contributed by atoms with Crippen LogP contribution in [0.15, 0.2) is 0 Å². The van der Waals surface area contributed by atoms with Crippen LogP contribution in [0.4, 0.5) is 0 Å². The molecule has 0 bridgehead atoms. The first kappa shape index (κ1) is 38.0. The van der Waals surface area contributed by atoms with E-state index in [0.29, 0.717) is 5.92 Å². The van der Waals surface area contributed by atoms with Gasteiger partial charge < -0.3 is 0 Å². The third-order valence-electron chi connectivity index (χ3n) is 19.8. The molecule has 0 aromatic rings. The molecule has 0 aliphatic heterocycles. The summed E-state index contributed by atoms with van der Waals surface area (Å²) in [7, 11) is 0. The van der Waals surface area contributed by atoms with E-state index in [9.17, 15) is 0 Å². The molecule has 1 rings (SSSR count). The van der Waals surface area contributed by atoms with Gasteiger partial charge in [0.25, 0.3) is 0 Å². The lowest BCUT2D eigenvalue weighted by Gasteiger charge is -2.72. The Morgan fingerprint density at radius 3 is 0.750 bits per heavy atom. The molecule has 0 amide bonds. The first-order valence-corrected chi connectivity index (χ1v) is 16.9. The van der Waals surface area contributed by atoms with Gasteiger partial charge in [-0.2, -0.15) is 0 Å². The van der Waals surface area contributed by atoms with Crippen molar-refractivity contribution in [1.82, 2.24) is 0 Å². The summed E-state index contributed by atoms with van der Waals surface area (Å²) in [5.41, 5.74) is 1.15. The minimum atomic E-state index is 0.0449. The van der Waals surface area contributed by atoms with E-state index in [-0.39, 0.29) is 65.0 Å². The SMILES string of the molecule is CC1CCC(C)(C)C(C)(C)C(C)(C)C(C)(C)C(C)(C)C(C)(C)C(C)(C)C(C)(C)C(C)(C)C(C)(C)C(C)(C)C1(C)C. The molecule has 1 fully saturated rings. The highest BCUT2D eigenvalue weighted by Gasteiger charge is 2.69. The van der Waals surface area contributed by atoms with E-state index in [1.165, 1.54) is 12.8 Å². The molecule has 0 saturated heterocycles. The van der Waals surface area contributed by atoms with Crippen LogP contribution >= 0.6 is 0 Å². The Bertz CT molecular complexity index is 917. The van der Waals surface area contributed by atoms with Gasteiger partial charge in [-0.1, -0.05) is 173 Å². The van der Waals surface area contributed by atoms with Crippen LogP contribution in [0, 0.1) is 70.9 Å². The second-order valence-electron chi connectivity index (χ2n) is 21.3. The van der Waals surface area contributed by atoms with Gasteiger partial charge in [0.05, 0.1) is 0 Å². The molecule has 1 saturated carbocycles. The normalized spacial score (nSPS) is 34.6. The third kappa shape index (κ3) is 4.22. The molecule has 1 unspecified atom stereocenters. The Morgan fingerprint density at radius 2 is 0.500 bits per heavy atom. The second-order valence-corrected chi connectivity index (χ2v) is 21.3. The van der Waals surface area contributed by atoms with Crippen molar-refractivity contribution in [2.24, 2.45) is 70.9 Å². The molecule has 0 aromatic heterocycles. The van der Waals surface area contributed by atoms with Crippen LogP contribution in [0.3, 0.4) is 0 Å². The maximum atomic E-state index is 2.61. The first-order chi connectivity index (χ1) is 16.9. The molecule has 0 nitrogen and oxygen atoms in total. The molecule has 40 heavy (non-hydrogen) atoms. The van der Waals surface area contributed by atoms with Crippen LogP contribution in [-0.4, -0.2) is 0 Å². The average molecular weight is 561 g/mol. The van der Waals surface area contributed by atoms with Crippen molar-refractivity contribution in [3.05, 3.63) is 0 Å². The molecule has 0 N–H and O–H groups in total. The zero-order valence-corrected chi connectivity index (χ0v) is 33.0. The van der Waals surface area contributed by atoms with Gasteiger partial charge in [0.2, 0.25) is 0 Å². The van der Waals surface area contributed by atoms with E-state index in [0.717, 1.165) is 0 Å². The first-order valence-electron chi connectivity index (χ1n) is 16.9. The summed E-state index contributed by atoms with van der Waals surface area (Å²) in [5.74, 6) is 0.623. The molecule has 240 valence electrons. The zero-order chi connectivity index (χ0) is 33.0. The van der Waals surface area contributed by atoms with Crippen LogP contribution in [0.2, 0.25) is 0 Å². The van der Waals surface area contributed by atoms with Crippen molar-refractivity contribution in [2.75, 3.05) is 0 Å². The van der Waals surface area contributed by atoms with Crippen molar-refractivity contribution >= 4 is 0 Å². The number of hydrogen-bond acceptors (Lipinski definition) is 0. The fourth-order valence-electron chi connectivity index (χ4n) is 9.77. The topological polar surface area (TPSA) is 0 Å². The van der Waals surface area contributed by atoms with E-state index in [4.69, 9.17) is 0 Å². The molecule has 1 atom stereocenters. The Hall–Kier alpha value is 0. The fourth-order valence-corrected chi connectivity index (χ4v) is 9.77. The summed E-state index contributed by atoms with van der Waals surface area (Å²) >= 11 is 0. The van der Waals surface area contributed by atoms with Gasteiger partial charge in [-0.15, -0.1) is 0 Å². The van der Waals surface area contributed by atoms with E-state index in [1.807, 2.05) is 0 Å². The van der Waals surface area contributed by atoms with Crippen LogP contribution in [-0.2, 0) is 0 Å². The maximum absolute atomic E-state index is 2.61. The van der Waals surface area contributed by atoms with Gasteiger partial charge in [0.15, 0.2) is 0 Å². The summed E-state index contributed by atoms with van der Waals surface area (Å²) in [6.45, 7) is 65.0. The number of hydrogen-bond donors (Lipinski definition) is 0. The highest BCUT2D eigenvalue weighted by Crippen LogP contribution is 2.76. The van der Waals surface area contributed by atoms with E-state index >= 15 is 0 Å². The van der Waals surface area contributed by atoms with Gasteiger partial charge in [0.1, 0.15) is 0 Å². The molecule has 0 heterocycles. The monoisotopic (exact) mass is 561 g/mol. The minimum Gasteiger partial charge on any atom is -0.0620 e. The lowest BCUT2D eigenvalue weighted by atomic mass is 9.32. The fraction of sp³-hybridized carbons (Fsp3) is 1.00. The van der Waals surface area contributed by atoms with Gasteiger partial charge >= 0.3 is 0 Å². The molecule has 0 aromatic carbocycles. The molecular formula is C40H80. The van der Waals surface area contributed by atoms with Crippen LogP contribution < -0.4 is 0 Å². The third-order valence-corrected chi connectivity index (χ3v) is 19.8. The van der Waals surface area contributed by atoms with Crippen molar-refractivity contribution < 1.29 is 0 Å².